The molecule has 0 spiro atoms. The number of rotatable bonds is 6. The lowest BCUT2D eigenvalue weighted by molar-refractivity contribution is -0.143. The third-order valence-electron chi connectivity index (χ3n) is 5.00. The highest BCUT2D eigenvalue weighted by molar-refractivity contribution is 5.75. The highest BCUT2D eigenvalue weighted by atomic mass is 16.4. The number of aliphatic carboxylic acids is 1. The van der Waals surface area contributed by atoms with E-state index in [-0.39, 0.29) is 17.4 Å². The number of likely N-dealkylation sites (tertiary alicyclic amines) is 1. The van der Waals surface area contributed by atoms with Gasteiger partial charge in [-0.25, -0.2) is 4.79 Å². The Labute approximate surface area is 121 Å². The second-order valence-corrected chi connectivity index (χ2v) is 5.82. The summed E-state index contributed by atoms with van der Waals surface area (Å²) in [6.07, 6.45) is 4.29. The van der Waals surface area contributed by atoms with E-state index in [9.17, 15) is 9.59 Å². The smallest absolute Gasteiger partial charge is 0.317 e. The molecule has 1 aliphatic heterocycles. The van der Waals surface area contributed by atoms with E-state index in [1.807, 2.05) is 0 Å². The molecule has 0 aliphatic carbocycles. The van der Waals surface area contributed by atoms with Crippen molar-refractivity contribution in [2.45, 2.75) is 52.9 Å². The van der Waals surface area contributed by atoms with Crippen molar-refractivity contribution < 1.29 is 14.7 Å². The van der Waals surface area contributed by atoms with Gasteiger partial charge in [0.25, 0.3) is 0 Å². The molecule has 1 fully saturated rings. The summed E-state index contributed by atoms with van der Waals surface area (Å²) in [6, 6.07) is -0.0476. The van der Waals surface area contributed by atoms with Gasteiger partial charge in [0.2, 0.25) is 0 Å². The van der Waals surface area contributed by atoms with Crippen molar-refractivity contribution in [1.82, 2.24) is 10.2 Å². The molecule has 1 heterocycles. The van der Waals surface area contributed by atoms with Crippen LogP contribution in [0.3, 0.4) is 0 Å². The van der Waals surface area contributed by atoms with Crippen molar-refractivity contribution in [1.29, 1.82) is 0 Å². The van der Waals surface area contributed by atoms with Crippen LogP contribution in [0.2, 0.25) is 0 Å². The number of urea groups is 1. The lowest BCUT2D eigenvalue weighted by atomic mass is 9.80. The highest BCUT2D eigenvalue weighted by Gasteiger charge is 2.29. The Hall–Kier alpha value is -1.26. The van der Waals surface area contributed by atoms with Crippen molar-refractivity contribution in [2.24, 2.45) is 11.3 Å². The van der Waals surface area contributed by atoms with E-state index >= 15 is 0 Å². The third kappa shape index (κ3) is 4.12. The summed E-state index contributed by atoms with van der Waals surface area (Å²) in [7, 11) is 0. The van der Waals surface area contributed by atoms with E-state index in [0.717, 1.165) is 19.3 Å². The molecule has 0 saturated carbocycles. The first-order valence-electron chi connectivity index (χ1n) is 7.73. The van der Waals surface area contributed by atoms with Crippen LogP contribution in [0.5, 0.6) is 0 Å². The molecule has 20 heavy (non-hydrogen) atoms. The van der Waals surface area contributed by atoms with Crippen molar-refractivity contribution in [2.75, 3.05) is 19.6 Å². The largest absolute Gasteiger partial charge is 0.481 e. The first-order chi connectivity index (χ1) is 9.48. The summed E-state index contributed by atoms with van der Waals surface area (Å²) in [5.74, 6) is -1.04. The van der Waals surface area contributed by atoms with E-state index in [4.69, 9.17) is 5.11 Å². The van der Waals surface area contributed by atoms with Gasteiger partial charge < -0.3 is 15.3 Å². The number of nitrogens with one attached hydrogen (secondary N) is 1. The Morgan fingerprint density at radius 1 is 1.15 bits per heavy atom. The van der Waals surface area contributed by atoms with Crippen LogP contribution >= 0.6 is 0 Å². The predicted octanol–water partition coefficient (Wildman–Crippen LogP) is 2.71. The van der Waals surface area contributed by atoms with E-state index < -0.39 is 5.97 Å². The summed E-state index contributed by atoms with van der Waals surface area (Å²) >= 11 is 0. The fraction of sp³-hybridized carbons (Fsp3) is 0.867. The fourth-order valence-corrected chi connectivity index (χ4v) is 2.83. The van der Waals surface area contributed by atoms with E-state index in [0.29, 0.717) is 32.5 Å². The van der Waals surface area contributed by atoms with Gasteiger partial charge in [0, 0.05) is 19.6 Å². The molecule has 0 aromatic carbocycles. The standard InChI is InChI=1S/C15H28N2O3/c1-4-15(5-2,6-3)11-16-14(20)17-9-7-12(8-10-17)13(18)19/h12H,4-11H2,1-3H3,(H,16,20)(H,18,19). The Kier molecular flexibility index (Phi) is 6.30. The Bertz CT molecular complexity index is 324. The average Bonchev–Trinajstić information content (AvgIpc) is 2.49. The quantitative estimate of drug-likeness (QED) is 0.788. The molecule has 5 heteroatoms. The molecule has 1 saturated heterocycles. The summed E-state index contributed by atoms with van der Waals surface area (Å²) in [5.41, 5.74) is 0.190. The molecule has 2 amide bonds. The predicted molar refractivity (Wildman–Crippen MR) is 78.6 cm³/mol. The third-order valence-corrected chi connectivity index (χ3v) is 5.00. The number of carboxylic acid groups (broad SMARTS) is 1. The number of carbonyl (C=O) groups is 2. The maximum atomic E-state index is 12.1. The number of carbonyl (C=O) groups excluding carboxylic acids is 1. The SMILES string of the molecule is CCC(CC)(CC)CNC(=O)N1CCC(C(=O)O)CC1. The van der Waals surface area contributed by atoms with Crippen LogP contribution in [-0.4, -0.2) is 41.6 Å². The molecule has 2 N–H and O–H groups in total. The fourth-order valence-electron chi connectivity index (χ4n) is 2.83. The number of hydrogen-bond acceptors (Lipinski definition) is 2. The minimum absolute atomic E-state index is 0.0476. The zero-order chi connectivity index (χ0) is 15.2. The molecule has 116 valence electrons. The van der Waals surface area contributed by atoms with Gasteiger partial charge in [0.05, 0.1) is 5.92 Å². The molecule has 0 aromatic heterocycles. The molecule has 1 rings (SSSR count). The number of nitrogens with zero attached hydrogens (tertiary/aromatic N) is 1. The Morgan fingerprint density at radius 3 is 2.05 bits per heavy atom. The van der Waals surface area contributed by atoms with Crippen molar-refractivity contribution in [3.8, 4) is 0 Å². The van der Waals surface area contributed by atoms with Gasteiger partial charge in [-0.1, -0.05) is 20.8 Å². The maximum Gasteiger partial charge on any atom is 0.317 e. The molecule has 0 radical (unpaired) electrons. The van der Waals surface area contributed by atoms with Crippen LogP contribution in [0.4, 0.5) is 4.79 Å². The van der Waals surface area contributed by atoms with Crippen LogP contribution in [-0.2, 0) is 4.79 Å². The number of piperidine rings is 1. The Morgan fingerprint density at radius 2 is 1.65 bits per heavy atom. The zero-order valence-electron chi connectivity index (χ0n) is 12.9. The van der Waals surface area contributed by atoms with Crippen molar-refractivity contribution >= 4 is 12.0 Å². The highest BCUT2D eigenvalue weighted by Crippen LogP contribution is 2.29. The average molecular weight is 284 g/mol. The van der Waals surface area contributed by atoms with Crippen LogP contribution in [0.1, 0.15) is 52.9 Å². The van der Waals surface area contributed by atoms with Crippen molar-refractivity contribution in [3.05, 3.63) is 0 Å². The summed E-state index contributed by atoms with van der Waals surface area (Å²) in [4.78, 5) is 24.8. The second-order valence-electron chi connectivity index (χ2n) is 5.82. The van der Waals surface area contributed by atoms with E-state index in [2.05, 4.69) is 26.1 Å². The summed E-state index contributed by atoms with van der Waals surface area (Å²) < 4.78 is 0. The van der Waals surface area contributed by atoms with Gasteiger partial charge in [-0.05, 0) is 37.5 Å². The van der Waals surface area contributed by atoms with Crippen LogP contribution < -0.4 is 5.32 Å². The normalized spacial score (nSPS) is 17.1. The number of carboxylic acids is 1. The Balaban J connectivity index is 2.42. The van der Waals surface area contributed by atoms with Gasteiger partial charge in [0.15, 0.2) is 0 Å². The first-order valence-corrected chi connectivity index (χ1v) is 7.73. The summed E-state index contributed by atoms with van der Waals surface area (Å²) in [6.45, 7) is 8.28. The van der Waals surface area contributed by atoms with Crippen LogP contribution in [0.25, 0.3) is 0 Å². The molecule has 0 unspecified atom stereocenters. The molecule has 1 aliphatic rings. The minimum Gasteiger partial charge on any atom is -0.481 e. The van der Waals surface area contributed by atoms with Gasteiger partial charge in [-0.15, -0.1) is 0 Å². The van der Waals surface area contributed by atoms with E-state index in [1.165, 1.54) is 0 Å². The number of amides is 2. The molecular weight excluding hydrogens is 256 g/mol. The monoisotopic (exact) mass is 284 g/mol. The van der Waals surface area contributed by atoms with Crippen LogP contribution in [0, 0.1) is 11.3 Å². The topological polar surface area (TPSA) is 69.6 Å². The lowest BCUT2D eigenvalue weighted by Crippen LogP contribution is -2.48. The van der Waals surface area contributed by atoms with Crippen molar-refractivity contribution in [3.63, 3.8) is 0 Å². The maximum absolute atomic E-state index is 12.1. The van der Waals surface area contributed by atoms with Gasteiger partial charge in [-0.2, -0.15) is 0 Å². The summed E-state index contributed by atoms with van der Waals surface area (Å²) in [5, 5.41) is 12.0. The minimum atomic E-state index is -0.743. The molecular formula is C15H28N2O3. The molecule has 0 bridgehead atoms. The van der Waals surface area contributed by atoms with Gasteiger partial charge in [-0.3, -0.25) is 4.79 Å². The lowest BCUT2D eigenvalue weighted by Gasteiger charge is -2.34. The van der Waals surface area contributed by atoms with Crippen LogP contribution in [0.15, 0.2) is 0 Å². The second kappa shape index (κ2) is 7.50. The van der Waals surface area contributed by atoms with Gasteiger partial charge >= 0.3 is 12.0 Å². The molecule has 5 nitrogen and oxygen atoms in total. The zero-order valence-corrected chi connectivity index (χ0v) is 12.9. The number of hydrogen-bond donors (Lipinski definition) is 2. The first kappa shape index (κ1) is 16.8. The molecule has 0 aromatic rings. The molecule has 0 atom stereocenters. The van der Waals surface area contributed by atoms with E-state index in [1.54, 1.807) is 4.90 Å². The van der Waals surface area contributed by atoms with Gasteiger partial charge in [0.1, 0.15) is 0 Å².